The molecule has 0 radical (unpaired) electrons. The molecule has 1 N–H and O–H groups in total. The first-order chi connectivity index (χ1) is 17.9. The molecule has 0 spiro atoms. The molecule has 2 aromatic heterocycles. The zero-order valence-corrected chi connectivity index (χ0v) is 21.7. The topological polar surface area (TPSA) is 84.8 Å². The standard InChI is InChI=1S/C27H33FN6O3/c1-17(24-11-25(37-4)23(28)12-31-24)34-7-5-21-19(14-32-15-20(16-32)36-3)9-18(10-22(21)26(34)35)13-33-8-6-30-27(33)29-2/h6,8-12,17,20H,5,7,13-16H2,1-4H3,(H,29,30)/t17-/m0/s1. The number of aromatic nitrogens is 3. The van der Waals surface area contributed by atoms with Crippen molar-refractivity contribution in [2.45, 2.75) is 38.6 Å². The summed E-state index contributed by atoms with van der Waals surface area (Å²) in [5.74, 6) is 0.323. The van der Waals surface area contributed by atoms with Crippen LogP contribution in [0.3, 0.4) is 0 Å². The molecule has 3 aromatic rings. The summed E-state index contributed by atoms with van der Waals surface area (Å²) in [6.07, 6.45) is 5.84. The number of hydrogen-bond donors (Lipinski definition) is 1. The largest absolute Gasteiger partial charge is 0.494 e. The molecule has 1 fully saturated rings. The number of hydrogen-bond acceptors (Lipinski definition) is 7. The first-order valence-corrected chi connectivity index (χ1v) is 12.5. The van der Waals surface area contributed by atoms with E-state index in [1.54, 1.807) is 19.4 Å². The van der Waals surface area contributed by atoms with Crippen LogP contribution in [0.25, 0.3) is 0 Å². The zero-order valence-electron chi connectivity index (χ0n) is 21.7. The van der Waals surface area contributed by atoms with Gasteiger partial charge in [0.05, 0.1) is 37.7 Å². The number of methoxy groups -OCH3 is 2. The van der Waals surface area contributed by atoms with Crippen molar-refractivity contribution in [3.8, 4) is 5.75 Å². The van der Waals surface area contributed by atoms with Gasteiger partial charge in [0.1, 0.15) is 0 Å². The molecule has 0 unspecified atom stereocenters. The van der Waals surface area contributed by atoms with Gasteiger partial charge in [0.15, 0.2) is 11.6 Å². The molecule has 2 aliphatic rings. The summed E-state index contributed by atoms with van der Waals surface area (Å²) in [7, 11) is 5.01. The Morgan fingerprint density at radius 2 is 2.00 bits per heavy atom. The molecular formula is C27H33FN6O3. The maximum atomic E-state index is 13.9. The number of imidazole rings is 1. The number of likely N-dealkylation sites (tertiary alicyclic amines) is 1. The van der Waals surface area contributed by atoms with Gasteiger partial charge in [-0.05, 0) is 36.1 Å². The van der Waals surface area contributed by atoms with E-state index in [1.165, 1.54) is 12.7 Å². The Hall–Kier alpha value is -3.50. The summed E-state index contributed by atoms with van der Waals surface area (Å²) in [5.41, 5.74) is 4.62. The second-order valence-electron chi connectivity index (χ2n) is 9.63. The lowest BCUT2D eigenvalue weighted by Crippen LogP contribution is -2.51. The van der Waals surface area contributed by atoms with Gasteiger partial charge >= 0.3 is 0 Å². The maximum Gasteiger partial charge on any atom is 0.254 e. The molecule has 1 atom stereocenters. The highest BCUT2D eigenvalue weighted by molar-refractivity contribution is 5.97. The van der Waals surface area contributed by atoms with Crippen LogP contribution in [0.2, 0.25) is 0 Å². The van der Waals surface area contributed by atoms with E-state index in [2.05, 4.69) is 26.3 Å². The highest BCUT2D eigenvalue weighted by Gasteiger charge is 2.33. The van der Waals surface area contributed by atoms with Crippen LogP contribution in [-0.2, 0) is 24.2 Å². The van der Waals surface area contributed by atoms with Crippen LogP contribution in [0.15, 0.2) is 36.8 Å². The Balaban J connectivity index is 1.47. The fourth-order valence-electron chi connectivity index (χ4n) is 5.26. The van der Waals surface area contributed by atoms with Gasteiger partial charge in [-0.25, -0.2) is 9.37 Å². The fourth-order valence-corrected chi connectivity index (χ4v) is 5.26. The van der Waals surface area contributed by atoms with E-state index in [9.17, 15) is 9.18 Å². The third kappa shape index (κ3) is 4.91. The molecule has 10 heteroatoms. The Morgan fingerprint density at radius 3 is 2.73 bits per heavy atom. The number of anilines is 1. The van der Waals surface area contributed by atoms with E-state index in [1.807, 2.05) is 35.7 Å². The predicted molar refractivity (Wildman–Crippen MR) is 137 cm³/mol. The molecule has 37 heavy (non-hydrogen) atoms. The van der Waals surface area contributed by atoms with Crippen molar-refractivity contribution in [2.24, 2.45) is 0 Å². The lowest BCUT2D eigenvalue weighted by Gasteiger charge is -2.39. The highest BCUT2D eigenvalue weighted by atomic mass is 19.1. The summed E-state index contributed by atoms with van der Waals surface area (Å²) in [6.45, 7) is 5.62. The van der Waals surface area contributed by atoms with E-state index in [4.69, 9.17) is 9.47 Å². The summed E-state index contributed by atoms with van der Waals surface area (Å²) < 4.78 is 26.6. The van der Waals surface area contributed by atoms with Crippen molar-refractivity contribution in [3.63, 3.8) is 0 Å². The molecule has 9 nitrogen and oxygen atoms in total. The van der Waals surface area contributed by atoms with Crippen molar-refractivity contribution < 1.29 is 18.7 Å². The summed E-state index contributed by atoms with van der Waals surface area (Å²) >= 11 is 0. The van der Waals surface area contributed by atoms with Gasteiger partial charge in [-0.15, -0.1) is 0 Å². The molecule has 196 valence electrons. The molecule has 0 aliphatic carbocycles. The number of carbonyl (C=O) groups is 1. The lowest BCUT2D eigenvalue weighted by atomic mass is 9.89. The number of halogens is 1. The highest BCUT2D eigenvalue weighted by Crippen LogP contribution is 2.32. The monoisotopic (exact) mass is 508 g/mol. The number of nitrogens with one attached hydrogen (secondary N) is 1. The molecule has 0 bridgehead atoms. The van der Waals surface area contributed by atoms with Gasteiger partial charge in [0.2, 0.25) is 5.95 Å². The van der Waals surface area contributed by atoms with Crippen LogP contribution in [0.1, 0.15) is 45.7 Å². The van der Waals surface area contributed by atoms with Crippen LogP contribution in [0.4, 0.5) is 10.3 Å². The van der Waals surface area contributed by atoms with Crippen molar-refractivity contribution in [1.29, 1.82) is 0 Å². The number of nitrogens with zero attached hydrogens (tertiary/aromatic N) is 5. The Morgan fingerprint density at radius 1 is 1.19 bits per heavy atom. The van der Waals surface area contributed by atoms with E-state index in [0.29, 0.717) is 18.8 Å². The van der Waals surface area contributed by atoms with Gasteiger partial charge in [0, 0.05) is 64.4 Å². The molecule has 0 saturated carbocycles. The first-order valence-electron chi connectivity index (χ1n) is 12.5. The molecular weight excluding hydrogens is 475 g/mol. The minimum absolute atomic E-state index is 0.0419. The van der Waals surface area contributed by atoms with E-state index in [0.717, 1.165) is 54.9 Å². The molecule has 5 rings (SSSR count). The van der Waals surface area contributed by atoms with Crippen LogP contribution in [0.5, 0.6) is 5.75 Å². The van der Waals surface area contributed by atoms with Gasteiger partial charge in [-0.1, -0.05) is 6.07 Å². The van der Waals surface area contributed by atoms with Gasteiger partial charge in [0.25, 0.3) is 5.91 Å². The number of carbonyl (C=O) groups excluding carboxylic acids is 1. The number of ether oxygens (including phenoxy) is 2. The van der Waals surface area contributed by atoms with Crippen molar-refractivity contribution in [3.05, 3.63) is 70.6 Å². The van der Waals surface area contributed by atoms with Gasteiger partial charge in [-0.3, -0.25) is 14.7 Å². The van der Waals surface area contributed by atoms with E-state index < -0.39 is 5.82 Å². The average Bonchev–Trinajstić information content (AvgIpc) is 3.33. The molecule has 1 saturated heterocycles. The number of benzene rings is 1. The van der Waals surface area contributed by atoms with Gasteiger partial charge in [-0.2, -0.15) is 0 Å². The summed E-state index contributed by atoms with van der Waals surface area (Å²) in [6, 6.07) is 5.47. The lowest BCUT2D eigenvalue weighted by molar-refractivity contribution is -0.0335. The van der Waals surface area contributed by atoms with Gasteiger partial charge < -0.3 is 24.3 Å². The number of pyridine rings is 1. The Kier molecular flexibility index (Phi) is 7.12. The van der Waals surface area contributed by atoms with Crippen molar-refractivity contribution >= 4 is 11.9 Å². The predicted octanol–water partition coefficient (Wildman–Crippen LogP) is 3.11. The number of amides is 1. The third-order valence-electron chi connectivity index (χ3n) is 7.40. The third-order valence-corrected chi connectivity index (χ3v) is 7.40. The maximum absolute atomic E-state index is 13.9. The Bertz CT molecular complexity index is 1290. The average molecular weight is 509 g/mol. The van der Waals surface area contributed by atoms with E-state index in [-0.39, 0.29) is 23.8 Å². The number of fused-ring (bicyclic) bond motifs is 1. The van der Waals surface area contributed by atoms with E-state index >= 15 is 0 Å². The zero-order chi connectivity index (χ0) is 26.1. The van der Waals surface area contributed by atoms with Crippen LogP contribution >= 0.6 is 0 Å². The molecule has 1 aromatic carbocycles. The second kappa shape index (κ2) is 10.5. The van der Waals surface area contributed by atoms with Crippen LogP contribution < -0.4 is 10.1 Å². The fraction of sp³-hybridized carbons (Fsp3) is 0.444. The second-order valence-corrected chi connectivity index (χ2v) is 9.63. The van der Waals surface area contributed by atoms with Crippen molar-refractivity contribution in [2.75, 3.05) is 46.2 Å². The summed E-state index contributed by atoms with van der Waals surface area (Å²) in [5, 5.41) is 3.11. The van der Waals surface area contributed by atoms with Crippen molar-refractivity contribution in [1.82, 2.24) is 24.3 Å². The smallest absolute Gasteiger partial charge is 0.254 e. The molecule has 1 amide bonds. The molecule has 2 aliphatic heterocycles. The summed E-state index contributed by atoms with van der Waals surface area (Å²) in [4.78, 5) is 26.6. The SMILES string of the molecule is CNc1nccn1Cc1cc(CN2CC(OC)C2)c2c(c1)C(=O)N([C@@H](C)c1cc(OC)c(F)cn1)CC2. The first kappa shape index (κ1) is 25.2. The Labute approximate surface area is 216 Å². The van der Waals surface area contributed by atoms with Crippen LogP contribution in [0, 0.1) is 5.82 Å². The minimum Gasteiger partial charge on any atom is -0.494 e. The number of rotatable bonds is 9. The quantitative estimate of drug-likeness (QED) is 0.476. The normalized spacial score (nSPS) is 16.9. The molecule has 4 heterocycles. The minimum atomic E-state index is -0.523. The van der Waals surface area contributed by atoms with Crippen LogP contribution in [-0.4, -0.2) is 77.2 Å².